The highest BCUT2D eigenvalue weighted by molar-refractivity contribution is 6.38. The first-order chi connectivity index (χ1) is 22.2. The number of para-hydroxylation sites is 1. The van der Waals surface area contributed by atoms with Gasteiger partial charge < -0.3 is 20.3 Å². The SMILES string of the molecule is Cc1ccc2cccc(OCc3c(Cl)ccc(N(C)C(=O)CNC(=O)C=Cc4ccc(C(=O)Nc5cnccn5)nc4)c3Cl)c2n1. The van der Waals surface area contributed by atoms with Crippen LogP contribution in [0, 0.1) is 6.92 Å². The summed E-state index contributed by atoms with van der Waals surface area (Å²) in [6.07, 6.45) is 8.58. The van der Waals surface area contributed by atoms with Gasteiger partial charge in [-0.2, -0.15) is 0 Å². The molecule has 3 heterocycles. The molecule has 11 nitrogen and oxygen atoms in total. The van der Waals surface area contributed by atoms with E-state index in [4.69, 9.17) is 27.9 Å². The number of halogens is 2. The molecule has 3 aromatic heterocycles. The number of likely N-dealkylation sites (N-methyl/N-ethyl adjacent to an activating group) is 1. The van der Waals surface area contributed by atoms with Gasteiger partial charge in [0.1, 0.15) is 23.6 Å². The molecular weight excluding hydrogens is 629 g/mol. The maximum absolute atomic E-state index is 13.0. The fourth-order valence-electron chi connectivity index (χ4n) is 4.29. The van der Waals surface area contributed by atoms with Crippen LogP contribution in [0.15, 0.2) is 85.5 Å². The third-order valence-electron chi connectivity index (χ3n) is 6.76. The average Bonchev–Trinajstić information content (AvgIpc) is 3.06. The molecule has 46 heavy (non-hydrogen) atoms. The Morgan fingerprint density at radius 1 is 0.978 bits per heavy atom. The van der Waals surface area contributed by atoms with Crippen LogP contribution in [0.3, 0.4) is 0 Å². The molecule has 2 aromatic carbocycles. The van der Waals surface area contributed by atoms with Crippen molar-refractivity contribution >= 4 is 69.4 Å². The van der Waals surface area contributed by atoms with Crippen molar-refractivity contribution in [2.24, 2.45) is 0 Å². The molecule has 0 unspecified atom stereocenters. The first-order valence-electron chi connectivity index (χ1n) is 13.9. The number of ether oxygens (including phenoxy) is 1. The van der Waals surface area contributed by atoms with E-state index in [1.165, 1.54) is 47.9 Å². The molecule has 0 atom stereocenters. The Morgan fingerprint density at radius 3 is 2.59 bits per heavy atom. The summed E-state index contributed by atoms with van der Waals surface area (Å²) >= 11 is 13.2. The average molecular weight is 657 g/mol. The van der Waals surface area contributed by atoms with Crippen molar-refractivity contribution < 1.29 is 19.1 Å². The van der Waals surface area contributed by atoms with Gasteiger partial charge in [0.2, 0.25) is 11.8 Å². The summed E-state index contributed by atoms with van der Waals surface area (Å²) in [7, 11) is 1.55. The number of pyridine rings is 2. The van der Waals surface area contributed by atoms with Gasteiger partial charge in [-0.3, -0.25) is 24.4 Å². The molecule has 3 amide bonds. The number of carbonyl (C=O) groups is 3. The zero-order chi connectivity index (χ0) is 32.6. The van der Waals surface area contributed by atoms with Crippen molar-refractivity contribution in [3.63, 3.8) is 0 Å². The predicted molar refractivity (Wildman–Crippen MR) is 177 cm³/mol. The smallest absolute Gasteiger partial charge is 0.275 e. The van der Waals surface area contributed by atoms with Crippen molar-refractivity contribution in [2.45, 2.75) is 13.5 Å². The molecule has 0 spiro atoms. The van der Waals surface area contributed by atoms with Crippen molar-refractivity contribution in [3.05, 3.63) is 118 Å². The first-order valence-corrected chi connectivity index (χ1v) is 14.7. The summed E-state index contributed by atoms with van der Waals surface area (Å²) in [5, 5.41) is 6.71. The Balaban J connectivity index is 1.16. The minimum absolute atomic E-state index is 0.0476. The Bertz CT molecular complexity index is 1940. The molecule has 0 aliphatic heterocycles. The van der Waals surface area contributed by atoms with Gasteiger partial charge in [0, 0.05) is 53.4 Å². The number of aryl methyl sites for hydroxylation is 1. The number of benzene rings is 2. The van der Waals surface area contributed by atoms with Crippen LogP contribution in [0.4, 0.5) is 11.5 Å². The lowest BCUT2D eigenvalue weighted by molar-refractivity contribution is -0.122. The van der Waals surface area contributed by atoms with Crippen LogP contribution in [0.1, 0.15) is 27.3 Å². The summed E-state index contributed by atoms with van der Waals surface area (Å²) in [6.45, 7) is 1.67. The van der Waals surface area contributed by atoms with E-state index in [1.54, 1.807) is 25.2 Å². The summed E-state index contributed by atoms with van der Waals surface area (Å²) in [4.78, 5) is 55.6. The van der Waals surface area contributed by atoms with Crippen LogP contribution in [-0.4, -0.2) is 51.2 Å². The molecular formula is C33H27Cl2N7O4. The highest BCUT2D eigenvalue weighted by Gasteiger charge is 2.19. The Kier molecular flexibility index (Phi) is 10.2. The standard InChI is InChI=1S/C33H27Cl2N7O4/c1-20-6-9-22-4-3-5-27(32(22)40-20)46-19-23-24(34)10-12-26(31(23)35)42(2)30(44)18-39-29(43)13-8-21-7-11-25(38-16-21)33(45)41-28-17-36-14-15-37-28/h3-17H,18-19H2,1-2H3,(H,39,43)(H,37,41,45). The fourth-order valence-corrected chi connectivity index (χ4v) is 4.90. The Hall–Kier alpha value is -5.39. The van der Waals surface area contributed by atoms with Gasteiger partial charge in [0.15, 0.2) is 5.82 Å². The zero-order valence-corrected chi connectivity index (χ0v) is 26.2. The van der Waals surface area contributed by atoms with Gasteiger partial charge in [-0.1, -0.05) is 47.5 Å². The Morgan fingerprint density at radius 2 is 1.83 bits per heavy atom. The molecule has 0 aliphatic rings. The maximum Gasteiger partial charge on any atom is 0.275 e. The Labute approximate surface area is 274 Å². The lowest BCUT2D eigenvalue weighted by atomic mass is 10.1. The van der Waals surface area contributed by atoms with E-state index in [0.717, 1.165) is 16.6 Å². The predicted octanol–water partition coefficient (Wildman–Crippen LogP) is 5.66. The van der Waals surface area contributed by atoms with Crippen LogP contribution in [0.5, 0.6) is 5.75 Å². The maximum atomic E-state index is 13.0. The second kappa shape index (κ2) is 14.6. The van der Waals surface area contributed by atoms with Gasteiger partial charge in [-0.15, -0.1) is 0 Å². The van der Waals surface area contributed by atoms with Gasteiger partial charge in [0.05, 0.1) is 23.5 Å². The van der Waals surface area contributed by atoms with Gasteiger partial charge in [-0.05, 0) is 48.9 Å². The van der Waals surface area contributed by atoms with E-state index in [1.807, 2.05) is 37.3 Å². The normalized spacial score (nSPS) is 11.0. The molecule has 13 heteroatoms. The molecule has 0 saturated heterocycles. The van der Waals surface area contributed by atoms with Gasteiger partial charge >= 0.3 is 0 Å². The van der Waals surface area contributed by atoms with Crippen LogP contribution < -0.4 is 20.3 Å². The van der Waals surface area contributed by atoms with E-state index in [-0.39, 0.29) is 23.9 Å². The highest BCUT2D eigenvalue weighted by atomic mass is 35.5. The minimum atomic E-state index is -0.499. The van der Waals surface area contributed by atoms with Crippen LogP contribution in [-0.2, 0) is 16.2 Å². The summed E-state index contributed by atoms with van der Waals surface area (Å²) in [5.41, 5.74) is 3.22. The fraction of sp³-hybridized carbons (Fsp3) is 0.121. The molecule has 0 saturated carbocycles. The number of anilines is 2. The molecule has 5 aromatic rings. The lowest BCUT2D eigenvalue weighted by Gasteiger charge is -2.21. The molecule has 0 aliphatic carbocycles. The van der Waals surface area contributed by atoms with Gasteiger partial charge in [0.25, 0.3) is 5.91 Å². The monoisotopic (exact) mass is 655 g/mol. The quantitative estimate of drug-likeness (QED) is 0.184. The van der Waals surface area contributed by atoms with Gasteiger partial charge in [-0.25, -0.2) is 9.97 Å². The minimum Gasteiger partial charge on any atom is -0.487 e. The number of fused-ring (bicyclic) bond motifs is 1. The van der Waals surface area contributed by atoms with Crippen molar-refractivity contribution in [1.29, 1.82) is 0 Å². The number of hydrogen-bond acceptors (Lipinski definition) is 8. The molecule has 0 radical (unpaired) electrons. The highest BCUT2D eigenvalue weighted by Crippen LogP contribution is 2.35. The molecule has 232 valence electrons. The third-order valence-corrected chi connectivity index (χ3v) is 7.54. The van der Waals surface area contributed by atoms with Crippen molar-refractivity contribution in [2.75, 3.05) is 23.8 Å². The molecule has 2 N–H and O–H groups in total. The van der Waals surface area contributed by atoms with Crippen molar-refractivity contribution in [3.8, 4) is 5.75 Å². The lowest BCUT2D eigenvalue weighted by Crippen LogP contribution is -2.37. The third kappa shape index (κ3) is 7.81. The number of rotatable bonds is 10. The summed E-state index contributed by atoms with van der Waals surface area (Å²) in [6, 6.07) is 15.9. The van der Waals surface area contributed by atoms with E-state index >= 15 is 0 Å². The van der Waals surface area contributed by atoms with Crippen LogP contribution >= 0.6 is 23.2 Å². The second-order valence-corrected chi connectivity index (χ2v) is 10.7. The number of carbonyl (C=O) groups excluding carboxylic acids is 3. The first kappa shape index (κ1) is 32.0. The zero-order valence-electron chi connectivity index (χ0n) is 24.7. The summed E-state index contributed by atoms with van der Waals surface area (Å²) in [5.74, 6) is -0.482. The van der Waals surface area contributed by atoms with Crippen LogP contribution in [0.25, 0.3) is 17.0 Å². The molecule has 0 bridgehead atoms. The van der Waals surface area contributed by atoms with Crippen molar-refractivity contribution in [1.82, 2.24) is 25.3 Å². The van der Waals surface area contributed by atoms with Crippen LogP contribution in [0.2, 0.25) is 10.0 Å². The number of amides is 3. The number of aromatic nitrogens is 4. The number of hydrogen-bond donors (Lipinski definition) is 2. The van der Waals surface area contributed by atoms with E-state index in [0.29, 0.717) is 33.4 Å². The van der Waals surface area contributed by atoms with E-state index < -0.39 is 17.7 Å². The second-order valence-electron chi connectivity index (χ2n) is 9.95. The molecule has 5 rings (SSSR count). The molecule has 0 fully saturated rings. The number of nitrogens with one attached hydrogen (secondary N) is 2. The van der Waals surface area contributed by atoms with E-state index in [9.17, 15) is 14.4 Å². The van der Waals surface area contributed by atoms with E-state index in [2.05, 4.69) is 30.6 Å². The topological polar surface area (TPSA) is 139 Å². The number of nitrogens with zero attached hydrogens (tertiary/aromatic N) is 5. The summed E-state index contributed by atoms with van der Waals surface area (Å²) < 4.78 is 6.07. The largest absolute Gasteiger partial charge is 0.487 e.